The molecular weight excluding hydrogens is 347 g/mol. The van der Waals surface area contributed by atoms with Crippen molar-refractivity contribution in [3.63, 3.8) is 0 Å². The van der Waals surface area contributed by atoms with Gasteiger partial charge in [0, 0.05) is 4.47 Å². The molecule has 0 radical (unpaired) electrons. The Hall–Kier alpha value is -1.91. The van der Waals surface area contributed by atoms with E-state index in [2.05, 4.69) is 20.7 Å². The van der Waals surface area contributed by atoms with Crippen molar-refractivity contribution in [3.05, 3.63) is 58.3 Å². The third-order valence-electron chi connectivity index (χ3n) is 2.47. The number of anilines is 1. The molecule has 7 heteroatoms. The van der Waals surface area contributed by atoms with Crippen LogP contribution in [0.3, 0.4) is 0 Å². The Morgan fingerprint density at radius 3 is 2.60 bits per heavy atom. The van der Waals surface area contributed by atoms with Crippen LogP contribution >= 0.6 is 15.9 Å². The van der Waals surface area contributed by atoms with E-state index >= 15 is 0 Å². The molecule has 2 rings (SSSR count). The summed E-state index contributed by atoms with van der Waals surface area (Å²) in [6, 6.07) is 11.2. The zero-order valence-corrected chi connectivity index (χ0v) is 12.4. The average Bonchev–Trinajstić information content (AvgIpc) is 2.42. The van der Waals surface area contributed by atoms with Gasteiger partial charge in [-0.25, -0.2) is 12.8 Å². The van der Waals surface area contributed by atoms with Crippen molar-refractivity contribution < 1.29 is 12.8 Å². The number of hydrogen-bond donors (Lipinski definition) is 1. The zero-order chi connectivity index (χ0) is 14.8. The number of sulfonamides is 1. The molecule has 0 aromatic heterocycles. The summed E-state index contributed by atoms with van der Waals surface area (Å²) in [6.07, 6.45) is 0. The van der Waals surface area contributed by atoms with Crippen molar-refractivity contribution in [1.29, 1.82) is 5.26 Å². The van der Waals surface area contributed by atoms with Crippen LogP contribution in [-0.2, 0) is 10.0 Å². The molecule has 0 fully saturated rings. The van der Waals surface area contributed by atoms with Crippen molar-refractivity contribution in [2.24, 2.45) is 0 Å². The van der Waals surface area contributed by atoms with Gasteiger partial charge in [0.05, 0.1) is 11.3 Å². The molecule has 0 unspecified atom stereocenters. The van der Waals surface area contributed by atoms with Crippen LogP contribution in [0.5, 0.6) is 0 Å². The van der Waals surface area contributed by atoms with Gasteiger partial charge in [0.1, 0.15) is 16.8 Å². The largest absolute Gasteiger partial charge is 0.278 e. The molecule has 2 aromatic rings. The van der Waals surface area contributed by atoms with Crippen LogP contribution in [0.25, 0.3) is 0 Å². The Morgan fingerprint density at radius 2 is 1.90 bits per heavy atom. The number of nitrogens with one attached hydrogen (secondary N) is 1. The number of halogens is 2. The molecule has 20 heavy (non-hydrogen) atoms. The Kier molecular flexibility index (Phi) is 4.06. The fraction of sp³-hybridized carbons (Fsp3) is 0. The quantitative estimate of drug-likeness (QED) is 0.919. The van der Waals surface area contributed by atoms with Gasteiger partial charge in [-0.05, 0) is 46.3 Å². The lowest BCUT2D eigenvalue weighted by atomic mass is 10.2. The van der Waals surface area contributed by atoms with Gasteiger partial charge >= 0.3 is 0 Å². The van der Waals surface area contributed by atoms with E-state index in [1.165, 1.54) is 30.3 Å². The topological polar surface area (TPSA) is 70.0 Å². The van der Waals surface area contributed by atoms with Crippen LogP contribution in [0.15, 0.2) is 51.8 Å². The first-order valence-electron chi connectivity index (χ1n) is 5.41. The third kappa shape index (κ3) is 2.98. The minimum atomic E-state index is -3.96. The molecular formula is C13H8BrFN2O2S. The molecule has 0 spiro atoms. The van der Waals surface area contributed by atoms with Crippen molar-refractivity contribution in [2.75, 3.05) is 4.72 Å². The van der Waals surface area contributed by atoms with E-state index in [9.17, 15) is 12.8 Å². The van der Waals surface area contributed by atoms with Crippen molar-refractivity contribution in [2.45, 2.75) is 4.90 Å². The molecule has 0 atom stereocenters. The number of hydrogen-bond acceptors (Lipinski definition) is 3. The average molecular weight is 355 g/mol. The molecule has 0 saturated heterocycles. The highest BCUT2D eigenvalue weighted by Gasteiger charge is 2.19. The lowest BCUT2D eigenvalue weighted by molar-refractivity contribution is 0.601. The van der Waals surface area contributed by atoms with Crippen molar-refractivity contribution >= 4 is 31.6 Å². The maximum absolute atomic E-state index is 13.2. The van der Waals surface area contributed by atoms with Crippen LogP contribution in [0.2, 0.25) is 0 Å². The van der Waals surface area contributed by atoms with E-state index in [0.717, 1.165) is 6.07 Å². The monoisotopic (exact) mass is 354 g/mol. The number of nitrogens with zero attached hydrogens (tertiary/aromatic N) is 1. The predicted octanol–water partition coefficient (Wildman–Crippen LogP) is 3.26. The van der Waals surface area contributed by atoms with Crippen LogP contribution in [-0.4, -0.2) is 8.42 Å². The van der Waals surface area contributed by atoms with Crippen molar-refractivity contribution in [3.8, 4) is 6.07 Å². The minimum Gasteiger partial charge on any atom is -0.278 e. The molecule has 0 heterocycles. The van der Waals surface area contributed by atoms with Crippen LogP contribution in [0.4, 0.5) is 10.1 Å². The molecule has 1 N–H and O–H groups in total. The van der Waals surface area contributed by atoms with Gasteiger partial charge in [0.25, 0.3) is 10.0 Å². The minimum absolute atomic E-state index is 0.0209. The molecule has 0 bridgehead atoms. The van der Waals surface area contributed by atoms with Gasteiger partial charge in [-0.2, -0.15) is 5.26 Å². The standard InChI is InChI=1S/C13H8BrFN2O2S/c14-11-6-5-10(15)7-12(11)17-20(18,19)13-4-2-1-3-9(13)8-16/h1-7,17H. The fourth-order valence-electron chi connectivity index (χ4n) is 1.57. The van der Waals surface area contributed by atoms with Gasteiger partial charge in [-0.1, -0.05) is 12.1 Å². The Morgan fingerprint density at radius 1 is 1.20 bits per heavy atom. The molecule has 0 saturated carbocycles. The van der Waals surface area contributed by atoms with Crippen LogP contribution in [0, 0.1) is 17.1 Å². The van der Waals surface area contributed by atoms with E-state index in [-0.39, 0.29) is 16.1 Å². The van der Waals surface area contributed by atoms with Crippen molar-refractivity contribution in [1.82, 2.24) is 0 Å². The van der Waals surface area contributed by atoms with Gasteiger partial charge in [-0.15, -0.1) is 0 Å². The van der Waals surface area contributed by atoms with Crippen LogP contribution < -0.4 is 4.72 Å². The maximum atomic E-state index is 13.2. The van der Waals surface area contributed by atoms with E-state index in [0.29, 0.717) is 4.47 Å². The van der Waals surface area contributed by atoms with Gasteiger partial charge in [0.2, 0.25) is 0 Å². The van der Waals surface area contributed by atoms with E-state index in [1.807, 2.05) is 6.07 Å². The molecule has 102 valence electrons. The van der Waals surface area contributed by atoms with Crippen LogP contribution in [0.1, 0.15) is 5.56 Å². The first kappa shape index (κ1) is 14.5. The fourth-order valence-corrected chi connectivity index (χ4v) is 3.28. The third-order valence-corrected chi connectivity index (χ3v) is 4.58. The SMILES string of the molecule is N#Cc1ccccc1S(=O)(=O)Nc1cc(F)ccc1Br. The molecule has 0 amide bonds. The number of benzene rings is 2. The Bertz CT molecular complexity index is 800. The molecule has 0 aliphatic rings. The highest BCUT2D eigenvalue weighted by atomic mass is 79.9. The highest BCUT2D eigenvalue weighted by Crippen LogP contribution is 2.26. The molecule has 0 aliphatic heterocycles. The summed E-state index contributed by atoms with van der Waals surface area (Å²) in [7, 11) is -3.96. The summed E-state index contributed by atoms with van der Waals surface area (Å²) in [5.41, 5.74) is 0.0882. The summed E-state index contributed by atoms with van der Waals surface area (Å²) in [6.45, 7) is 0. The van der Waals surface area contributed by atoms with E-state index in [1.54, 1.807) is 6.07 Å². The summed E-state index contributed by atoms with van der Waals surface area (Å²) in [5, 5.41) is 8.94. The molecule has 2 aromatic carbocycles. The predicted molar refractivity (Wildman–Crippen MR) is 76.1 cm³/mol. The summed E-state index contributed by atoms with van der Waals surface area (Å²) in [5.74, 6) is -0.570. The highest BCUT2D eigenvalue weighted by molar-refractivity contribution is 9.10. The lowest BCUT2D eigenvalue weighted by Gasteiger charge is -2.10. The lowest BCUT2D eigenvalue weighted by Crippen LogP contribution is -2.14. The normalized spacial score (nSPS) is 10.8. The second kappa shape index (κ2) is 5.61. The summed E-state index contributed by atoms with van der Waals surface area (Å²) >= 11 is 3.13. The number of rotatable bonds is 3. The molecule has 4 nitrogen and oxygen atoms in total. The smallest absolute Gasteiger partial charge is 0.263 e. The van der Waals surface area contributed by atoms with Gasteiger partial charge in [0.15, 0.2) is 0 Å². The van der Waals surface area contributed by atoms with E-state index < -0.39 is 15.8 Å². The number of nitriles is 1. The second-order valence-electron chi connectivity index (χ2n) is 3.84. The first-order valence-corrected chi connectivity index (χ1v) is 7.68. The van der Waals surface area contributed by atoms with Gasteiger partial charge in [-0.3, -0.25) is 4.72 Å². The van der Waals surface area contributed by atoms with Gasteiger partial charge < -0.3 is 0 Å². The van der Waals surface area contributed by atoms with E-state index in [4.69, 9.17) is 5.26 Å². The maximum Gasteiger partial charge on any atom is 0.263 e. The summed E-state index contributed by atoms with van der Waals surface area (Å²) in [4.78, 5) is -0.154. The first-order chi connectivity index (χ1) is 9.44. The second-order valence-corrected chi connectivity index (χ2v) is 6.34. The zero-order valence-electron chi connectivity index (χ0n) is 9.97. The Balaban J connectivity index is 2.47. The molecule has 0 aliphatic carbocycles. The summed E-state index contributed by atoms with van der Waals surface area (Å²) < 4.78 is 40.3. The Labute approximate surface area is 124 Å².